The standard InChI is InChI=1S/C12H22/c1-4-5-6-7-8-11-9-10-12(11,2)3/h9-11H,4-8H2,1-3H3. The third-order valence-corrected chi connectivity index (χ3v) is 3.08. The lowest BCUT2D eigenvalue weighted by molar-refractivity contribution is 0.273. The molecule has 0 aromatic heterocycles. The Morgan fingerprint density at radius 3 is 2.33 bits per heavy atom. The summed E-state index contributed by atoms with van der Waals surface area (Å²) < 4.78 is 0. The minimum atomic E-state index is 0.506. The maximum Gasteiger partial charge on any atom is -0.0112 e. The fourth-order valence-corrected chi connectivity index (χ4v) is 1.88. The Balaban J connectivity index is 2.06. The first-order valence-corrected chi connectivity index (χ1v) is 5.36. The van der Waals surface area contributed by atoms with Gasteiger partial charge < -0.3 is 0 Å². The molecule has 1 aliphatic carbocycles. The molecule has 0 bridgehead atoms. The van der Waals surface area contributed by atoms with Gasteiger partial charge >= 0.3 is 0 Å². The van der Waals surface area contributed by atoms with Crippen molar-refractivity contribution in [3.05, 3.63) is 12.2 Å². The van der Waals surface area contributed by atoms with Crippen molar-refractivity contribution in [2.75, 3.05) is 0 Å². The van der Waals surface area contributed by atoms with Gasteiger partial charge in [0.1, 0.15) is 0 Å². The fraction of sp³-hybridized carbons (Fsp3) is 0.833. The molecule has 1 rings (SSSR count). The molecular weight excluding hydrogens is 144 g/mol. The van der Waals surface area contributed by atoms with Gasteiger partial charge in [0, 0.05) is 0 Å². The first-order chi connectivity index (χ1) is 5.67. The third kappa shape index (κ3) is 2.36. The van der Waals surface area contributed by atoms with Gasteiger partial charge in [-0.1, -0.05) is 58.6 Å². The molecule has 0 radical (unpaired) electrons. The average Bonchev–Trinajstić information content (AvgIpc) is 2.02. The Hall–Kier alpha value is -0.260. The summed E-state index contributed by atoms with van der Waals surface area (Å²) in [5, 5.41) is 0. The molecule has 0 saturated carbocycles. The molecule has 0 N–H and O–H groups in total. The van der Waals surface area contributed by atoms with Crippen molar-refractivity contribution in [3.63, 3.8) is 0 Å². The summed E-state index contributed by atoms with van der Waals surface area (Å²) in [5.74, 6) is 0.870. The highest BCUT2D eigenvalue weighted by atomic mass is 14.3. The highest BCUT2D eigenvalue weighted by Crippen LogP contribution is 2.41. The SMILES string of the molecule is CCCCCCC1C=CC1(C)C. The van der Waals surface area contributed by atoms with Crippen LogP contribution in [0.15, 0.2) is 12.2 Å². The van der Waals surface area contributed by atoms with Crippen LogP contribution in [0.3, 0.4) is 0 Å². The summed E-state index contributed by atoms with van der Waals surface area (Å²) in [6, 6.07) is 0. The Morgan fingerprint density at radius 1 is 1.17 bits per heavy atom. The van der Waals surface area contributed by atoms with Crippen LogP contribution < -0.4 is 0 Å². The lowest BCUT2D eigenvalue weighted by atomic mass is 9.68. The van der Waals surface area contributed by atoms with Gasteiger partial charge in [-0.2, -0.15) is 0 Å². The van der Waals surface area contributed by atoms with Gasteiger partial charge in [0.15, 0.2) is 0 Å². The number of hydrogen-bond donors (Lipinski definition) is 0. The van der Waals surface area contributed by atoms with E-state index in [0.717, 1.165) is 5.92 Å². The van der Waals surface area contributed by atoms with Gasteiger partial charge in [0.05, 0.1) is 0 Å². The van der Waals surface area contributed by atoms with Gasteiger partial charge in [-0.05, 0) is 17.8 Å². The molecule has 70 valence electrons. The summed E-state index contributed by atoms with van der Waals surface area (Å²) in [7, 11) is 0. The first-order valence-electron chi connectivity index (χ1n) is 5.36. The molecule has 12 heavy (non-hydrogen) atoms. The Bertz CT molecular complexity index is 153. The normalized spacial score (nSPS) is 25.4. The molecule has 0 aliphatic heterocycles. The quantitative estimate of drug-likeness (QED) is 0.425. The van der Waals surface area contributed by atoms with Gasteiger partial charge in [-0.15, -0.1) is 0 Å². The van der Waals surface area contributed by atoms with Crippen molar-refractivity contribution < 1.29 is 0 Å². The van der Waals surface area contributed by atoms with Crippen LogP contribution in [-0.4, -0.2) is 0 Å². The van der Waals surface area contributed by atoms with Crippen LogP contribution >= 0.6 is 0 Å². The zero-order valence-corrected chi connectivity index (χ0v) is 8.77. The minimum Gasteiger partial charge on any atom is -0.0840 e. The monoisotopic (exact) mass is 166 g/mol. The second kappa shape index (κ2) is 4.11. The van der Waals surface area contributed by atoms with Crippen LogP contribution in [0.2, 0.25) is 0 Å². The number of rotatable bonds is 5. The first kappa shape index (κ1) is 9.83. The zero-order valence-electron chi connectivity index (χ0n) is 8.77. The van der Waals surface area contributed by atoms with Crippen molar-refractivity contribution in [2.45, 2.75) is 52.9 Å². The van der Waals surface area contributed by atoms with E-state index in [2.05, 4.69) is 32.9 Å². The molecule has 1 unspecified atom stereocenters. The van der Waals surface area contributed by atoms with Crippen molar-refractivity contribution in [1.82, 2.24) is 0 Å². The van der Waals surface area contributed by atoms with E-state index in [1.54, 1.807) is 0 Å². The lowest BCUT2D eigenvalue weighted by Crippen LogP contribution is -2.27. The number of allylic oxidation sites excluding steroid dienone is 2. The molecule has 0 spiro atoms. The molecule has 0 aromatic carbocycles. The predicted molar refractivity (Wildman–Crippen MR) is 55.2 cm³/mol. The van der Waals surface area contributed by atoms with E-state index in [4.69, 9.17) is 0 Å². The predicted octanol–water partition coefficient (Wildman–Crippen LogP) is 4.17. The summed E-state index contributed by atoms with van der Waals surface area (Å²) in [4.78, 5) is 0. The smallest absolute Gasteiger partial charge is 0.0112 e. The lowest BCUT2D eigenvalue weighted by Gasteiger charge is -2.37. The van der Waals surface area contributed by atoms with Gasteiger partial charge in [0.25, 0.3) is 0 Å². The fourth-order valence-electron chi connectivity index (χ4n) is 1.88. The van der Waals surface area contributed by atoms with Gasteiger partial charge in [-0.3, -0.25) is 0 Å². The van der Waals surface area contributed by atoms with E-state index in [0.29, 0.717) is 5.41 Å². The van der Waals surface area contributed by atoms with Crippen LogP contribution in [0.5, 0.6) is 0 Å². The summed E-state index contributed by atoms with van der Waals surface area (Å²) >= 11 is 0. The highest BCUT2D eigenvalue weighted by molar-refractivity contribution is 5.14. The molecule has 0 heterocycles. The Labute approximate surface area is 77.1 Å². The molecular formula is C12H22. The van der Waals surface area contributed by atoms with E-state index in [1.807, 2.05) is 0 Å². The number of unbranched alkanes of at least 4 members (excludes halogenated alkanes) is 3. The summed E-state index contributed by atoms with van der Waals surface area (Å²) in [5.41, 5.74) is 0.506. The largest absolute Gasteiger partial charge is 0.0840 e. The molecule has 0 aromatic rings. The van der Waals surface area contributed by atoms with E-state index in [9.17, 15) is 0 Å². The molecule has 1 aliphatic rings. The third-order valence-electron chi connectivity index (χ3n) is 3.08. The van der Waals surface area contributed by atoms with E-state index < -0.39 is 0 Å². The summed E-state index contributed by atoms with van der Waals surface area (Å²) in [6.45, 7) is 6.96. The van der Waals surface area contributed by atoms with Crippen molar-refractivity contribution in [2.24, 2.45) is 11.3 Å². The molecule has 0 heteroatoms. The van der Waals surface area contributed by atoms with Crippen molar-refractivity contribution in [3.8, 4) is 0 Å². The number of hydrogen-bond acceptors (Lipinski definition) is 0. The molecule has 0 fully saturated rings. The maximum atomic E-state index is 2.38. The van der Waals surface area contributed by atoms with Crippen molar-refractivity contribution in [1.29, 1.82) is 0 Å². The van der Waals surface area contributed by atoms with E-state index >= 15 is 0 Å². The second-order valence-corrected chi connectivity index (χ2v) is 4.64. The van der Waals surface area contributed by atoms with Crippen molar-refractivity contribution >= 4 is 0 Å². The van der Waals surface area contributed by atoms with E-state index in [1.165, 1.54) is 32.1 Å². The highest BCUT2D eigenvalue weighted by Gasteiger charge is 2.30. The van der Waals surface area contributed by atoms with Crippen LogP contribution in [-0.2, 0) is 0 Å². The topological polar surface area (TPSA) is 0 Å². The van der Waals surface area contributed by atoms with Gasteiger partial charge in [-0.25, -0.2) is 0 Å². The molecule has 1 atom stereocenters. The Morgan fingerprint density at radius 2 is 1.92 bits per heavy atom. The summed E-state index contributed by atoms with van der Waals surface area (Å²) in [6.07, 6.45) is 11.7. The van der Waals surface area contributed by atoms with Crippen LogP contribution in [0, 0.1) is 11.3 Å². The van der Waals surface area contributed by atoms with Crippen LogP contribution in [0.4, 0.5) is 0 Å². The van der Waals surface area contributed by atoms with Crippen LogP contribution in [0.25, 0.3) is 0 Å². The van der Waals surface area contributed by atoms with E-state index in [-0.39, 0.29) is 0 Å². The Kier molecular flexibility index (Phi) is 3.37. The maximum absolute atomic E-state index is 2.38. The van der Waals surface area contributed by atoms with Crippen LogP contribution in [0.1, 0.15) is 52.9 Å². The van der Waals surface area contributed by atoms with Gasteiger partial charge in [0.2, 0.25) is 0 Å². The average molecular weight is 166 g/mol. The molecule has 0 saturated heterocycles. The second-order valence-electron chi connectivity index (χ2n) is 4.64. The zero-order chi connectivity index (χ0) is 9.03. The molecule has 0 nitrogen and oxygen atoms in total. The minimum absolute atomic E-state index is 0.506. The molecule has 0 amide bonds.